The standard InChI is InChI=1S/C24H23ClN2O5S/c25-19-6-1-4-17(14-19)10-11-26-24(28)18-5-2-7-20(15-18)27-33(29,30)21-8-9-22-23(16-21)32-13-3-12-31-22/h1-2,4-9,14-16,27H,3,10-13H2,(H,26,28). The van der Waals surface area contributed by atoms with Crippen LogP contribution in [-0.2, 0) is 16.4 Å². The number of rotatable bonds is 7. The molecule has 9 heteroatoms. The lowest BCUT2D eigenvalue weighted by atomic mass is 10.1. The molecular weight excluding hydrogens is 464 g/mol. The summed E-state index contributed by atoms with van der Waals surface area (Å²) in [7, 11) is -3.89. The molecule has 1 amide bonds. The van der Waals surface area contributed by atoms with Crippen molar-refractivity contribution in [1.29, 1.82) is 0 Å². The predicted octanol–water partition coefficient (Wildman–Crippen LogP) is 4.27. The number of hydrogen-bond acceptors (Lipinski definition) is 5. The van der Waals surface area contributed by atoms with E-state index in [0.29, 0.717) is 48.3 Å². The first-order valence-electron chi connectivity index (χ1n) is 10.5. The van der Waals surface area contributed by atoms with E-state index in [1.54, 1.807) is 30.3 Å². The van der Waals surface area contributed by atoms with Crippen LogP contribution in [0.15, 0.2) is 71.6 Å². The number of halogens is 1. The van der Waals surface area contributed by atoms with Gasteiger partial charge in [0.2, 0.25) is 0 Å². The highest BCUT2D eigenvalue weighted by Crippen LogP contribution is 2.32. The van der Waals surface area contributed by atoms with Crippen molar-refractivity contribution >= 4 is 33.2 Å². The lowest BCUT2D eigenvalue weighted by Crippen LogP contribution is -2.25. The smallest absolute Gasteiger partial charge is 0.262 e. The van der Waals surface area contributed by atoms with E-state index in [0.717, 1.165) is 12.0 Å². The van der Waals surface area contributed by atoms with Gasteiger partial charge in [-0.2, -0.15) is 0 Å². The number of benzene rings is 3. The number of hydrogen-bond donors (Lipinski definition) is 2. The van der Waals surface area contributed by atoms with Crippen LogP contribution in [-0.4, -0.2) is 34.1 Å². The van der Waals surface area contributed by atoms with Gasteiger partial charge in [0.25, 0.3) is 15.9 Å². The molecular formula is C24H23ClN2O5S. The Bertz CT molecular complexity index is 1260. The molecule has 0 unspecified atom stereocenters. The fraction of sp³-hybridized carbons (Fsp3) is 0.208. The Hall–Kier alpha value is -3.23. The summed E-state index contributed by atoms with van der Waals surface area (Å²) in [6, 6.07) is 18.3. The second-order valence-electron chi connectivity index (χ2n) is 7.48. The van der Waals surface area contributed by atoms with Crippen LogP contribution in [0.4, 0.5) is 5.69 Å². The highest BCUT2D eigenvalue weighted by molar-refractivity contribution is 7.92. The van der Waals surface area contributed by atoms with Crippen LogP contribution in [0.3, 0.4) is 0 Å². The first-order valence-corrected chi connectivity index (χ1v) is 12.3. The molecule has 0 fully saturated rings. The SMILES string of the molecule is O=C(NCCc1cccc(Cl)c1)c1cccc(NS(=O)(=O)c2ccc3c(c2)OCCCO3)c1. The van der Waals surface area contributed by atoms with Gasteiger partial charge in [0, 0.05) is 35.3 Å². The first kappa shape index (κ1) is 22.9. The van der Waals surface area contributed by atoms with Crippen LogP contribution in [0, 0.1) is 0 Å². The molecule has 4 rings (SSSR count). The Labute approximate surface area is 197 Å². The van der Waals surface area contributed by atoms with E-state index in [9.17, 15) is 13.2 Å². The number of amides is 1. The second kappa shape index (κ2) is 10.1. The van der Waals surface area contributed by atoms with Gasteiger partial charge in [-0.05, 0) is 54.4 Å². The van der Waals surface area contributed by atoms with Crippen molar-refractivity contribution in [2.45, 2.75) is 17.7 Å². The van der Waals surface area contributed by atoms with Gasteiger partial charge in [0.05, 0.1) is 18.1 Å². The molecule has 7 nitrogen and oxygen atoms in total. The summed E-state index contributed by atoms with van der Waals surface area (Å²) in [5, 5.41) is 3.48. The number of carbonyl (C=O) groups is 1. The van der Waals surface area contributed by atoms with E-state index in [2.05, 4.69) is 10.0 Å². The molecule has 3 aromatic carbocycles. The van der Waals surface area contributed by atoms with Crippen molar-refractivity contribution in [2.24, 2.45) is 0 Å². The van der Waals surface area contributed by atoms with Gasteiger partial charge in [-0.1, -0.05) is 29.8 Å². The molecule has 0 aromatic heterocycles. The average molecular weight is 487 g/mol. The fourth-order valence-corrected chi connectivity index (χ4v) is 4.64. The predicted molar refractivity (Wildman–Crippen MR) is 127 cm³/mol. The zero-order chi connectivity index (χ0) is 23.3. The van der Waals surface area contributed by atoms with E-state index >= 15 is 0 Å². The van der Waals surface area contributed by atoms with E-state index in [1.165, 1.54) is 18.2 Å². The van der Waals surface area contributed by atoms with Crippen LogP contribution in [0.2, 0.25) is 5.02 Å². The summed E-state index contributed by atoms with van der Waals surface area (Å²) in [5.41, 5.74) is 1.64. The molecule has 172 valence electrons. The lowest BCUT2D eigenvalue weighted by molar-refractivity contribution is 0.0954. The molecule has 1 aliphatic heterocycles. The summed E-state index contributed by atoms with van der Waals surface area (Å²) >= 11 is 5.98. The van der Waals surface area contributed by atoms with Crippen molar-refractivity contribution in [1.82, 2.24) is 5.32 Å². The van der Waals surface area contributed by atoms with Gasteiger partial charge < -0.3 is 14.8 Å². The van der Waals surface area contributed by atoms with Crippen LogP contribution >= 0.6 is 11.6 Å². The van der Waals surface area contributed by atoms with Gasteiger partial charge in [0.15, 0.2) is 11.5 Å². The topological polar surface area (TPSA) is 93.7 Å². The maximum absolute atomic E-state index is 12.9. The third-order valence-electron chi connectivity index (χ3n) is 4.99. The minimum Gasteiger partial charge on any atom is -0.490 e. The molecule has 2 N–H and O–H groups in total. The summed E-state index contributed by atoms with van der Waals surface area (Å²) in [6.45, 7) is 1.40. The third kappa shape index (κ3) is 5.97. The lowest BCUT2D eigenvalue weighted by Gasteiger charge is -2.12. The first-order chi connectivity index (χ1) is 15.9. The van der Waals surface area contributed by atoms with Crippen molar-refractivity contribution in [2.75, 3.05) is 24.5 Å². The number of ether oxygens (including phenoxy) is 2. The zero-order valence-electron chi connectivity index (χ0n) is 17.7. The minimum absolute atomic E-state index is 0.0446. The van der Waals surface area contributed by atoms with E-state index in [-0.39, 0.29) is 16.5 Å². The van der Waals surface area contributed by atoms with E-state index in [1.807, 2.05) is 18.2 Å². The van der Waals surface area contributed by atoms with Gasteiger partial charge in [-0.3, -0.25) is 9.52 Å². The Balaban J connectivity index is 1.42. The monoisotopic (exact) mass is 486 g/mol. The van der Waals surface area contributed by atoms with Crippen LogP contribution < -0.4 is 19.5 Å². The zero-order valence-corrected chi connectivity index (χ0v) is 19.3. The molecule has 33 heavy (non-hydrogen) atoms. The maximum Gasteiger partial charge on any atom is 0.262 e. The van der Waals surface area contributed by atoms with Crippen molar-refractivity contribution in [3.63, 3.8) is 0 Å². The molecule has 1 heterocycles. The van der Waals surface area contributed by atoms with Gasteiger partial charge in [-0.25, -0.2) is 8.42 Å². The molecule has 0 aliphatic carbocycles. The number of fused-ring (bicyclic) bond motifs is 1. The van der Waals surface area contributed by atoms with Gasteiger partial charge in [0.1, 0.15) is 0 Å². The molecule has 1 aliphatic rings. The number of nitrogens with one attached hydrogen (secondary N) is 2. The van der Waals surface area contributed by atoms with E-state index < -0.39 is 10.0 Å². The Morgan fingerprint density at radius 1 is 0.939 bits per heavy atom. The minimum atomic E-state index is -3.89. The van der Waals surface area contributed by atoms with Crippen molar-refractivity contribution in [3.05, 3.63) is 82.9 Å². The third-order valence-corrected chi connectivity index (χ3v) is 6.61. The van der Waals surface area contributed by atoms with Crippen LogP contribution in [0.25, 0.3) is 0 Å². The Morgan fingerprint density at radius 2 is 1.73 bits per heavy atom. The molecule has 3 aromatic rings. The highest BCUT2D eigenvalue weighted by Gasteiger charge is 2.19. The maximum atomic E-state index is 12.9. The highest BCUT2D eigenvalue weighted by atomic mass is 35.5. The Morgan fingerprint density at radius 3 is 2.55 bits per heavy atom. The molecule has 0 saturated carbocycles. The largest absolute Gasteiger partial charge is 0.490 e. The molecule has 0 atom stereocenters. The van der Waals surface area contributed by atoms with Gasteiger partial charge >= 0.3 is 0 Å². The second-order valence-corrected chi connectivity index (χ2v) is 9.60. The van der Waals surface area contributed by atoms with Crippen molar-refractivity contribution < 1.29 is 22.7 Å². The molecule has 0 radical (unpaired) electrons. The number of carbonyl (C=O) groups excluding carboxylic acids is 1. The molecule has 0 bridgehead atoms. The van der Waals surface area contributed by atoms with Crippen LogP contribution in [0.5, 0.6) is 11.5 Å². The summed E-state index contributed by atoms with van der Waals surface area (Å²) < 4.78 is 39.4. The van der Waals surface area contributed by atoms with Gasteiger partial charge in [-0.15, -0.1) is 0 Å². The Kier molecular flexibility index (Phi) is 7.05. The molecule has 0 saturated heterocycles. The van der Waals surface area contributed by atoms with Crippen LogP contribution in [0.1, 0.15) is 22.3 Å². The summed E-state index contributed by atoms with van der Waals surface area (Å²) in [6.07, 6.45) is 1.35. The quantitative estimate of drug-likeness (QED) is 0.520. The average Bonchev–Trinajstić information content (AvgIpc) is 3.04. The van der Waals surface area contributed by atoms with Crippen molar-refractivity contribution in [3.8, 4) is 11.5 Å². The summed E-state index contributed by atoms with van der Waals surface area (Å²) in [4.78, 5) is 12.6. The summed E-state index contributed by atoms with van der Waals surface area (Å²) in [5.74, 6) is 0.611. The number of anilines is 1. The normalized spacial score (nSPS) is 13.1. The molecule has 0 spiro atoms. The number of sulfonamides is 1. The fourth-order valence-electron chi connectivity index (χ4n) is 3.36. The van der Waals surface area contributed by atoms with E-state index in [4.69, 9.17) is 21.1 Å².